The van der Waals surface area contributed by atoms with Crippen LogP contribution in [0.1, 0.15) is 11.3 Å². The van der Waals surface area contributed by atoms with Gasteiger partial charge in [-0.15, -0.1) is 0 Å². The zero-order chi connectivity index (χ0) is 12.5. The van der Waals surface area contributed by atoms with Crippen molar-refractivity contribution < 1.29 is 0 Å². The molecule has 0 unspecified atom stereocenters. The second-order valence-electron chi connectivity index (χ2n) is 4.51. The fourth-order valence-corrected chi connectivity index (χ4v) is 2.07. The molecule has 3 aromatic rings. The topological polar surface area (TPSA) is 43.3 Å². The fourth-order valence-electron chi connectivity index (χ4n) is 2.07. The molecule has 0 atom stereocenters. The van der Waals surface area contributed by atoms with Gasteiger partial charge in [-0.25, -0.2) is 4.98 Å². The Hall–Kier alpha value is -2.13. The van der Waals surface area contributed by atoms with E-state index in [1.54, 1.807) is 0 Å². The maximum absolute atomic E-state index is 5.60. The average Bonchev–Trinajstić information content (AvgIpc) is 2.82. The predicted octanol–water partition coefficient (Wildman–Crippen LogP) is 2.77. The lowest BCUT2D eigenvalue weighted by Crippen LogP contribution is -2.00. The van der Waals surface area contributed by atoms with E-state index in [0.29, 0.717) is 6.54 Å². The Balaban J connectivity index is 2.10. The number of aryl methyl sites for hydroxylation is 1. The van der Waals surface area contributed by atoms with Crippen LogP contribution in [0.15, 0.2) is 48.9 Å². The summed E-state index contributed by atoms with van der Waals surface area (Å²) in [6.45, 7) is 2.57. The van der Waals surface area contributed by atoms with Gasteiger partial charge in [-0.1, -0.05) is 29.8 Å². The summed E-state index contributed by atoms with van der Waals surface area (Å²) < 4.78 is 2.02. The quantitative estimate of drug-likeness (QED) is 0.744. The summed E-state index contributed by atoms with van der Waals surface area (Å²) in [5.74, 6) is 0. The summed E-state index contributed by atoms with van der Waals surface area (Å²) in [5, 5.41) is 0. The molecule has 0 aliphatic heterocycles. The monoisotopic (exact) mass is 237 g/mol. The zero-order valence-electron chi connectivity index (χ0n) is 10.3. The van der Waals surface area contributed by atoms with Gasteiger partial charge in [-0.3, -0.25) is 0 Å². The maximum atomic E-state index is 5.60. The van der Waals surface area contributed by atoms with Gasteiger partial charge in [0.15, 0.2) is 0 Å². The molecule has 0 fully saturated rings. The summed E-state index contributed by atoms with van der Waals surface area (Å²) in [6, 6.07) is 12.7. The smallest absolute Gasteiger partial charge is 0.0994 e. The standard InChI is InChI=1S/C15H15N3/c1-11-2-4-12(5-3-11)13-6-15-7-14(8-16)17-10-18(15)9-13/h2-7,9-10H,8,16H2,1H3. The van der Waals surface area contributed by atoms with Gasteiger partial charge in [-0.2, -0.15) is 0 Å². The molecule has 0 saturated heterocycles. The highest BCUT2D eigenvalue weighted by molar-refractivity contribution is 5.70. The first kappa shape index (κ1) is 11.0. The Morgan fingerprint density at radius 1 is 1.11 bits per heavy atom. The summed E-state index contributed by atoms with van der Waals surface area (Å²) in [7, 11) is 0. The molecule has 90 valence electrons. The molecule has 0 spiro atoms. The molecule has 0 aliphatic rings. The number of benzene rings is 1. The number of fused-ring (bicyclic) bond motifs is 1. The number of rotatable bonds is 2. The predicted molar refractivity (Wildman–Crippen MR) is 73.3 cm³/mol. The lowest BCUT2D eigenvalue weighted by Gasteiger charge is -1.97. The second kappa shape index (κ2) is 4.27. The first-order valence-corrected chi connectivity index (χ1v) is 6.00. The lowest BCUT2D eigenvalue weighted by atomic mass is 10.1. The van der Waals surface area contributed by atoms with E-state index < -0.39 is 0 Å². The van der Waals surface area contributed by atoms with E-state index in [-0.39, 0.29) is 0 Å². The van der Waals surface area contributed by atoms with Crippen molar-refractivity contribution in [2.75, 3.05) is 0 Å². The highest BCUT2D eigenvalue weighted by atomic mass is 14.9. The summed E-state index contributed by atoms with van der Waals surface area (Å²) >= 11 is 0. The Bertz CT molecular complexity index is 681. The van der Waals surface area contributed by atoms with Crippen LogP contribution in [0.25, 0.3) is 16.6 Å². The Morgan fingerprint density at radius 3 is 2.61 bits per heavy atom. The van der Waals surface area contributed by atoms with E-state index in [4.69, 9.17) is 5.73 Å². The van der Waals surface area contributed by atoms with Gasteiger partial charge < -0.3 is 10.1 Å². The van der Waals surface area contributed by atoms with Crippen LogP contribution in [0.5, 0.6) is 0 Å². The van der Waals surface area contributed by atoms with E-state index in [1.807, 2.05) is 16.8 Å². The normalized spacial score (nSPS) is 11.0. The van der Waals surface area contributed by atoms with Crippen molar-refractivity contribution in [1.29, 1.82) is 0 Å². The van der Waals surface area contributed by atoms with Gasteiger partial charge in [0, 0.05) is 23.8 Å². The molecule has 2 heterocycles. The number of hydrogen-bond acceptors (Lipinski definition) is 2. The third kappa shape index (κ3) is 1.89. The van der Waals surface area contributed by atoms with Gasteiger partial charge in [0.1, 0.15) is 0 Å². The largest absolute Gasteiger partial charge is 0.325 e. The van der Waals surface area contributed by atoms with Gasteiger partial charge in [0.05, 0.1) is 12.0 Å². The Morgan fingerprint density at radius 2 is 1.89 bits per heavy atom. The van der Waals surface area contributed by atoms with Crippen molar-refractivity contribution in [2.24, 2.45) is 5.73 Å². The van der Waals surface area contributed by atoms with Crippen LogP contribution in [-0.2, 0) is 6.54 Å². The number of nitrogens with zero attached hydrogens (tertiary/aromatic N) is 2. The van der Waals surface area contributed by atoms with E-state index in [9.17, 15) is 0 Å². The molecule has 3 nitrogen and oxygen atoms in total. The Kier molecular flexibility index (Phi) is 2.61. The number of aromatic nitrogens is 2. The molecule has 0 radical (unpaired) electrons. The van der Waals surface area contributed by atoms with Crippen LogP contribution in [0.3, 0.4) is 0 Å². The highest BCUT2D eigenvalue weighted by Crippen LogP contribution is 2.23. The van der Waals surface area contributed by atoms with Crippen LogP contribution in [0.2, 0.25) is 0 Å². The number of hydrogen-bond donors (Lipinski definition) is 1. The SMILES string of the molecule is Cc1ccc(-c2cc3cc(CN)ncn3c2)cc1. The van der Waals surface area contributed by atoms with Crippen LogP contribution in [0.4, 0.5) is 0 Å². The Labute approximate surface area is 106 Å². The first-order chi connectivity index (χ1) is 8.76. The lowest BCUT2D eigenvalue weighted by molar-refractivity contribution is 0.953. The highest BCUT2D eigenvalue weighted by Gasteiger charge is 2.03. The minimum absolute atomic E-state index is 0.474. The fraction of sp³-hybridized carbons (Fsp3) is 0.133. The minimum Gasteiger partial charge on any atom is -0.325 e. The molecule has 0 saturated carbocycles. The van der Waals surface area contributed by atoms with Crippen molar-refractivity contribution in [3.63, 3.8) is 0 Å². The van der Waals surface area contributed by atoms with Gasteiger partial charge in [-0.05, 0) is 24.6 Å². The zero-order valence-corrected chi connectivity index (χ0v) is 10.3. The van der Waals surface area contributed by atoms with Crippen molar-refractivity contribution in [2.45, 2.75) is 13.5 Å². The summed E-state index contributed by atoms with van der Waals surface area (Å²) in [4.78, 5) is 4.28. The van der Waals surface area contributed by atoms with Crippen LogP contribution >= 0.6 is 0 Å². The summed E-state index contributed by atoms with van der Waals surface area (Å²) in [6.07, 6.45) is 3.91. The molecule has 0 amide bonds. The third-order valence-corrected chi connectivity index (χ3v) is 3.14. The van der Waals surface area contributed by atoms with Crippen molar-refractivity contribution in [3.8, 4) is 11.1 Å². The third-order valence-electron chi connectivity index (χ3n) is 3.14. The molecule has 2 aromatic heterocycles. The van der Waals surface area contributed by atoms with E-state index in [2.05, 4.69) is 48.4 Å². The van der Waals surface area contributed by atoms with E-state index >= 15 is 0 Å². The molecular formula is C15H15N3. The molecule has 2 N–H and O–H groups in total. The second-order valence-corrected chi connectivity index (χ2v) is 4.51. The summed E-state index contributed by atoms with van der Waals surface area (Å²) in [5.41, 5.74) is 11.3. The molecule has 1 aromatic carbocycles. The molecule has 0 aliphatic carbocycles. The van der Waals surface area contributed by atoms with Crippen molar-refractivity contribution >= 4 is 5.52 Å². The minimum atomic E-state index is 0.474. The van der Waals surface area contributed by atoms with Gasteiger partial charge in [0.25, 0.3) is 0 Å². The first-order valence-electron chi connectivity index (χ1n) is 6.00. The molecule has 3 rings (SSSR count). The van der Waals surface area contributed by atoms with Crippen molar-refractivity contribution in [1.82, 2.24) is 9.38 Å². The average molecular weight is 237 g/mol. The number of nitrogens with two attached hydrogens (primary N) is 1. The van der Waals surface area contributed by atoms with Gasteiger partial charge in [0.2, 0.25) is 0 Å². The molecule has 3 heteroatoms. The van der Waals surface area contributed by atoms with Gasteiger partial charge >= 0.3 is 0 Å². The van der Waals surface area contributed by atoms with E-state index in [0.717, 1.165) is 11.2 Å². The maximum Gasteiger partial charge on any atom is 0.0994 e. The van der Waals surface area contributed by atoms with Crippen LogP contribution in [0, 0.1) is 6.92 Å². The molecular weight excluding hydrogens is 222 g/mol. The van der Waals surface area contributed by atoms with E-state index in [1.165, 1.54) is 16.7 Å². The van der Waals surface area contributed by atoms with Crippen LogP contribution in [-0.4, -0.2) is 9.38 Å². The van der Waals surface area contributed by atoms with Crippen LogP contribution < -0.4 is 5.73 Å². The molecule has 18 heavy (non-hydrogen) atoms. The molecule has 0 bridgehead atoms. The van der Waals surface area contributed by atoms with Crippen molar-refractivity contribution in [3.05, 3.63) is 60.2 Å².